The Kier molecular flexibility index (Phi) is 4.44. The maximum Gasteiger partial charge on any atom is 0.513 e. The van der Waals surface area contributed by atoms with E-state index in [1.54, 1.807) is 29.7 Å². The van der Waals surface area contributed by atoms with Crippen molar-refractivity contribution in [3.63, 3.8) is 0 Å². The quantitative estimate of drug-likeness (QED) is 0.516. The van der Waals surface area contributed by atoms with Crippen LogP contribution < -0.4 is 0 Å². The summed E-state index contributed by atoms with van der Waals surface area (Å²) in [6.07, 6.45) is -0.787. The van der Waals surface area contributed by atoms with Gasteiger partial charge >= 0.3 is 12.1 Å². The summed E-state index contributed by atoms with van der Waals surface area (Å²) in [5.74, 6) is -1.13. The average molecular weight is 355 g/mol. The van der Waals surface area contributed by atoms with Crippen LogP contribution in [0.15, 0.2) is 36.4 Å². The van der Waals surface area contributed by atoms with Crippen molar-refractivity contribution in [3.8, 4) is 0 Å². The van der Waals surface area contributed by atoms with Crippen molar-refractivity contribution in [1.82, 2.24) is 4.57 Å². The summed E-state index contributed by atoms with van der Waals surface area (Å²) >= 11 is 0. The zero-order chi connectivity index (χ0) is 19.1. The van der Waals surface area contributed by atoms with Gasteiger partial charge in [-0.15, -0.1) is 0 Å². The van der Waals surface area contributed by atoms with Crippen LogP contribution in [-0.2, 0) is 27.9 Å². The minimum absolute atomic E-state index is 0.116. The molecule has 2 aromatic rings. The van der Waals surface area contributed by atoms with Crippen molar-refractivity contribution in [2.45, 2.75) is 39.2 Å². The molecule has 0 bridgehead atoms. The summed E-state index contributed by atoms with van der Waals surface area (Å²) in [6.45, 7) is 5.98. The van der Waals surface area contributed by atoms with Gasteiger partial charge in [0.05, 0.1) is 5.69 Å². The van der Waals surface area contributed by atoms with Crippen molar-refractivity contribution < 1.29 is 24.2 Å². The largest absolute Gasteiger partial charge is 0.513 e. The standard InChI is InChI=1S/C20H21NO5/c1-4-13-6-5-7-14(10-13)17(22)15-8-9-16-20(3,12(2)11-21(15)16)18(23)26-19(24)25/h5-10,12H,4,11H2,1-3H3,(H,24,25). The first-order valence-electron chi connectivity index (χ1n) is 8.57. The molecular weight excluding hydrogens is 334 g/mol. The molecule has 1 aromatic carbocycles. The number of nitrogens with zero attached hydrogens (tertiary/aromatic N) is 1. The molecule has 2 heterocycles. The van der Waals surface area contributed by atoms with E-state index in [1.807, 2.05) is 32.0 Å². The summed E-state index contributed by atoms with van der Waals surface area (Å²) in [4.78, 5) is 36.1. The highest BCUT2D eigenvalue weighted by Gasteiger charge is 2.50. The number of fused-ring (bicyclic) bond motifs is 1. The lowest BCUT2D eigenvalue weighted by molar-refractivity contribution is -0.146. The molecule has 136 valence electrons. The molecular formula is C20H21NO5. The highest BCUT2D eigenvalue weighted by molar-refractivity contribution is 6.08. The summed E-state index contributed by atoms with van der Waals surface area (Å²) in [6, 6.07) is 10.9. The van der Waals surface area contributed by atoms with Gasteiger partial charge in [0.1, 0.15) is 5.41 Å². The number of aryl methyl sites for hydroxylation is 1. The maximum absolute atomic E-state index is 13.0. The third-order valence-corrected chi connectivity index (χ3v) is 5.39. The molecule has 26 heavy (non-hydrogen) atoms. The van der Waals surface area contributed by atoms with E-state index in [4.69, 9.17) is 5.11 Å². The fourth-order valence-electron chi connectivity index (χ4n) is 3.60. The number of ether oxygens (including phenoxy) is 1. The number of benzene rings is 1. The Morgan fingerprint density at radius 1 is 1.27 bits per heavy atom. The molecule has 0 saturated carbocycles. The minimum atomic E-state index is -1.62. The highest BCUT2D eigenvalue weighted by Crippen LogP contribution is 2.42. The van der Waals surface area contributed by atoms with Crippen LogP contribution in [0.3, 0.4) is 0 Å². The number of carboxylic acid groups (broad SMARTS) is 1. The van der Waals surface area contributed by atoms with E-state index in [2.05, 4.69) is 4.74 Å². The molecule has 0 saturated heterocycles. The molecule has 1 aliphatic rings. The zero-order valence-corrected chi connectivity index (χ0v) is 15.0. The molecule has 0 aliphatic carbocycles. The van der Waals surface area contributed by atoms with Crippen molar-refractivity contribution in [3.05, 3.63) is 58.9 Å². The van der Waals surface area contributed by atoms with Gasteiger partial charge in [0, 0.05) is 17.8 Å². The van der Waals surface area contributed by atoms with Crippen LogP contribution in [-0.4, -0.2) is 27.6 Å². The van der Waals surface area contributed by atoms with Crippen LogP contribution in [0.4, 0.5) is 4.79 Å². The second kappa shape index (κ2) is 6.44. The van der Waals surface area contributed by atoms with Gasteiger partial charge < -0.3 is 14.4 Å². The van der Waals surface area contributed by atoms with Crippen molar-refractivity contribution in [1.29, 1.82) is 0 Å². The third kappa shape index (κ3) is 2.71. The van der Waals surface area contributed by atoms with Crippen LogP contribution in [0.1, 0.15) is 48.1 Å². The summed E-state index contributed by atoms with van der Waals surface area (Å²) < 4.78 is 6.23. The monoisotopic (exact) mass is 355 g/mol. The predicted octanol–water partition coefficient (Wildman–Crippen LogP) is 3.41. The molecule has 1 aromatic heterocycles. The van der Waals surface area contributed by atoms with E-state index in [9.17, 15) is 14.4 Å². The van der Waals surface area contributed by atoms with Gasteiger partial charge in [0.15, 0.2) is 0 Å². The van der Waals surface area contributed by atoms with E-state index in [1.165, 1.54) is 0 Å². The van der Waals surface area contributed by atoms with Crippen LogP contribution in [0.2, 0.25) is 0 Å². The molecule has 0 spiro atoms. The first-order chi connectivity index (χ1) is 12.3. The molecule has 2 unspecified atom stereocenters. The first kappa shape index (κ1) is 17.9. The van der Waals surface area contributed by atoms with E-state index < -0.39 is 17.5 Å². The van der Waals surface area contributed by atoms with E-state index >= 15 is 0 Å². The SMILES string of the molecule is CCc1cccc(C(=O)c2ccc3n2CC(C)C3(C)C(=O)OC(=O)O)c1. The summed E-state index contributed by atoms with van der Waals surface area (Å²) in [7, 11) is 0. The van der Waals surface area contributed by atoms with E-state index in [0.29, 0.717) is 23.5 Å². The Labute approximate surface area is 151 Å². The number of carbonyl (C=O) groups is 3. The topological polar surface area (TPSA) is 85.6 Å². The van der Waals surface area contributed by atoms with Gasteiger partial charge in [-0.05, 0) is 43.0 Å². The normalized spacial score (nSPS) is 21.3. The molecule has 3 rings (SSSR count). The van der Waals surface area contributed by atoms with E-state index in [0.717, 1.165) is 12.0 Å². The fourth-order valence-corrected chi connectivity index (χ4v) is 3.60. The zero-order valence-electron chi connectivity index (χ0n) is 15.0. The molecule has 6 heteroatoms. The Morgan fingerprint density at radius 3 is 2.65 bits per heavy atom. The Hall–Kier alpha value is -2.89. The van der Waals surface area contributed by atoms with Gasteiger partial charge in [-0.2, -0.15) is 0 Å². The lowest BCUT2D eigenvalue weighted by Gasteiger charge is -2.24. The Balaban J connectivity index is 2.00. The second-order valence-corrected chi connectivity index (χ2v) is 6.86. The summed E-state index contributed by atoms with van der Waals surface area (Å²) in [5.41, 5.74) is 1.66. The number of rotatable bonds is 4. The van der Waals surface area contributed by atoms with Crippen LogP contribution in [0, 0.1) is 5.92 Å². The van der Waals surface area contributed by atoms with Crippen LogP contribution in [0.25, 0.3) is 0 Å². The lowest BCUT2D eigenvalue weighted by Crippen LogP contribution is -2.38. The molecule has 1 N–H and O–H groups in total. The van der Waals surface area contributed by atoms with Gasteiger partial charge in [0.25, 0.3) is 0 Å². The van der Waals surface area contributed by atoms with Gasteiger partial charge in [-0.3, -0.25) is 9.59 Å². The Morgan fingerprint density at radius 2 is 2.00 bits per heavy atom. The van der Waals surface area contributed by atoms with Crippen molar-refractivity contribution in [2.75, 3.05) is 0 Å². The number of hydrogen-bond acceptors (Lipinski definition) is 4. The molecule has 1 aliphatic heterocycles. The number of ketones is 1. The lowest BCUT2D eigenvalue weighted by atomic mass is 9.78. The molecule has 0 fully saturated rings. The first-order valence-corrected chi connectivity index (χ1v) is 8.57. The molecule has 2 atom stereocenters. The van der Waals surface area contributed by atoms with Crippen molar-refractivity contribution in [2.24, 2.45) is 5.92 Å². The average Bonchev–Trinajstić information content (AvgIpc) is 3.13. The van der Waals surface area contributed by atoms with Crippen LogP contribution >= 0.6 is 0 Å². The number of carbonyl (C=O) groups excluding carboxylic acids is 2. The Bertz CT molecular complexity index is 897. The van der Waals surface area contributed by atoms with Gasteiger partial charge in [0.2, 0.25) is 5.78 Å². The second-order valence-electron chi connectivity index (χ2n) is 6.86. The number of hydrogen-bond donors (Lipinski definition) is 1. The van der Waals surface area contributed by atoms with Crippen molar-refractivity contribution >= 4 is 17.9 Å². The molecule has 0 amide bonds. The summed E-state index contributed by atoms with van der Waals surface area (Å²) in [5, 5.41) is 8.78. The van der Waals surface area contributed by atoms with E-state index in [-0.39, 0.29) is 11.7 Å². The molecule has 0 radical (unpaired) electrons. The van der Waals surface area contributed by atoms with Gasteiger partial charge in [-0.1, -0.05) is 32.0 Å². The minimum Gasteiger partial charge on any atom is -0.449 e. The third-order valence-electron chi connectivity index (χ3n) is 5.39. The highest BCUT2D eigenvalue weighted by atomic mass is 16.7. The number of esters is 1. The molecule has 6 nitrogen and oxygen atoms in total. The maximum atomic E-state index is 13.0. The number of aromatic nitrogens is 1. The fraction of sp³-hybridized carbons (Fsp3) is 0.350. The van der Waals surface area contributed by atoms with Gasteiger partial charge in [-0.25, -0.2) is 4.79 Å². The van der Waals surface area contributed by atoms with Crippen LogP contribution in [0.5, 0.6) is 0 Å². The predicted molar refractivity (Wildman–Crippen MR) is 94.3 cm³/mol. The smallest absolute Gasteiger partial charge is 0.449 e.